The van der Waals surface area contributed by atoms with Gasteiger partial charge in [0, 0.05) is 33.6 Å². The maximum absolute atomic E-state index is 14.3. The average molecular weight is 1050 g/mol. The van der Waals surface area contributed by atoms with Crippen molar-refractivity contribution in [3.8, 4) is 0 Å². The Hall–Kier alpha value is -3.79. The molecule has 0 aromatic carbocycles. The van der Waals surface area contributed by atoms with E-state index in [4.69, 9.17) is 28.4 Å². The summed E-state index contributed by atoms with van der Waals surface area (Å²) in [7, 11) is 0. The number of aliphatic carboxylic acids is 1. The lowest BCUT2D eigenvalue weighted by Crippen LogP contribution is -2.67. The normalized spacial score (nSPS) is 18.7. The molecule has 0 aromatic rings. The molecule has 0 radical (unpaired) electrons. The third-order valence-corrected chi connectivity index (χ3v) is 13.8. The lowest BCUT2D eigenvalue weighted by Gasteiger charge is -2.46. The molecule has 1 rings (SSSR count). The van der Waals surface area contributed by atoms with Crippen molar-refractivity contribution in [2.45, 2.75) is 322 Å². The summed E-state index contributed by atoms with van der Waals surface area (Å²) >= 11 is 0. The molecule has 0 saturated carbocycles. The Morgan fingerprint density at radius 3 is 1.38 bits per heavy atom. The van der Waals surface area contributed by atoms with E-state index in [0.717, 1.165) is 90.9 Å². The maximum Gasteiger partial charge on any atom is 0.328 e. The van der Waals surface area contributed by atoms with Crippen LogP contribution >= 0.6 is 0 Å². The SMILES string of the molecule is CCCCCCCCCCCCCC(=O)N[C@H](C(=O)O)[C@@H](C)O[C@@H]1O[C@H](COC(C)=O)[C@@H](OC(C)=O)[C@H](OC(C)=O)[C@H]1NC(=O)C[C@@H](CCCCCCCCCCC)OC(=O)CCCCCCCCCCCCC. The van der Waals surface area contributed by atoms with Crippen molar-refractivity contribution in [1.29, 1.82) is 0 Å². The fourth-order valence-electron chi connectivity index (χ4n) is 9.55. The predicted molar refractivity (Wildman–Crippen MR) is 287 cm³/mol. The van der Waals surface area contributed by atoms with Crippen LogP contribution in [0.25, 0.3) is 0 Å². The maximum atomic E-state index is 14.3. The summed E-state index contributed by atoms with van der Waals surface area (Å²) in [6.45, 7) is 11.0. The average Bonchev–Trinajstić information content (AvgIpc) is 3.34. The first-order valence-corrected chi connectivity index (χ1v) is 29.4. The number of amides is 2. The standard InChI is InChI=1S/C58H104N2O14/c1-8-11-14-17-20-23-25-28-31-34-37-40-50(64)59-53(57(67)68)44(4)70-58-54(56(72-47(7)63)55(71-46(6)62)49(74-58)43-69-45(5)61)60-51(65)42-48(39-36-33-30-27-22-19-16-13-10-3)73-52(66)41-38-35-32-29-26-24-21-18-15-12-9-2/h44,48-49,53-56,58H,8-43H2,1-7H3,(H,59,64)(H,60,65)(H,67,68)/t44-,48-,49-,53+,54-,55-,56-,58-/m1/s1. The summed E-state index contributed by atoms with van der Waals surface area (Å²) < 4.78 is 35.1. The molecule has 0 spiro atoms. The van der Waals surface area contributed by atoms with Gasteiger partial charge in [0.25, 0.3) is 0 Å². The molecule has 1 aliphatic heterocycles. The predicted octanol–water partition coefficient (Wildman–Crippen LogP) is 12.2. The molecular formula is C58H104N2O14. The first-order chi connectivity index (χ1) is 35.6. The van der Waals surface area contributed by atoms with Crippen LogP contribution in [0.1, 0.15) is 273 Å². The molecule has 1 heterocycles. The summed E-state index contributed by atoms with van der Waals surface area (Å²) in [5.74, 6) is -5.19. The van der Waals surface area contributed by atoms with Gasteiger partial charge in [0.1, 0.15) is 24.9 Å². The first kappa shape index (κ1) is 68.2. The molecule has 0 aromatic heterocycles. The minimum Gasteiger partial charge on any atom is -0.480 e. The molecule has 16 heteroatoms. The molecular weight excluding hydrogens is 949 g/mol. The van der Waals surface area contributed by atoms with Crippen molar-refractivity contribution in [2.75, 3.05) is 6.61 Å². The van der Waals surface area contributed by atoms with Crippen molar-refractivity contribution >= 4 is 41.7 Å². The summed E-state index contributed by atoms with van der Waals surface area (Å²) in [5, 5.41) is 15.7. The van der Waals surface area contributed by atoms with Crippen LogP contribution in [0.5, 0.6) is 0 Å². The Bertz CT molecular complexity index is 1530. The van der Waals surface area contributed by atoms with Gasteiger partial charge in [-0.25, -0.2) is 4.79 Å². The zero-order valence-electron chi connectivity index (χ0n) is 47.3. The Morgan fingerprint density at radius 1 is 0.527 bits per heavy atom. The molecule has 0 unspecified atom stereocenters. The number of rotatable bonds is 47. The Balaban J connectivity index is 3.26. The number of nitrogens with one attached hydrogen (secondary N) is 2. The van der Waals surface area contributed by atoms with Crippen LogP contribution in [0.15, 0.2) is 0 Å². The van der Waals surface area contributed by atoms with Gasteiger partial charge in [0.05, 0.1) is 12.5 Å². The van der Waals surface area contributed by atoms with Crippen LogP contribution in [-0.4, -0.2) is 102 Å². The van der Waals surface area contributed by atoms with Gasteiger partial charge in [-0.05, 0) is 32.6 Å². The van der Waals surface area contributed by atoms with Crippen LogP contribution in [0, 0.1) is 0 Å². The number of carboxylic acid groups (broad SMARTS) is 1. The number of carbonyl (C=O) groups is 7. The van der Waals surface area contributed by atoms with E-state index in [2.05, 4.69) is 31.4 Å². The zero-order chi connectivity index (χ0) is 54.8. The second-order valence-corrected chi connectivity index (χ2v) is 20.8. The minimum atomic E-state index is -1.60. The van der Waals surface area contributed by atoms with E-state index in [9.17, 15) is 38.7 Å². The van der Waals surface area contributed by atoms with Gasteiger partial charge in [0.15, 0.2) is 24.5 Å². The fourth-order valence-corrected chi connectivity index (χ4v) is 9.55. The monoisotopic (exact) mass is 1050 g/mol. The van der Waals surface area contributed by atoms with Crippen LogP contribution < -0.4 is 10.6 Å². The van der Waals surface area contributed by atoms with Crippen LogP contribution in [-0.2, 0) is 62.0 Å². The second kappa shape index (κ2) is 44.3. The van der Waals surface area contributed by atoms with E-state index in [1.807, 2.05) is 0 Å². The van der Waals surface area contributed by atoms with Crippen molar-refractivity contribution < 1.29 is 67.1 Å². The van der Waals surface area contributed by atoms with E-state index in [-0.39, 0.29) is 19.3 Å². The lowest BCUT2D eigenvalue weighted by atomic mass is 9.95. The van der Waals surface area contributed by atoms with Gasteiger partial charge in [-0.1, -0.05) is 201 Å². The lowest BCUT2D eigenvalue weighted by molar-refractivity contribution is -0.288. The van der Waals surface area contributed by atoms with E-state index in [0.29, 0.717) is 19.3 Å². The third-order valence-electron chi connectivity index (χ3n) is 13.8. The largest absolute Gasteiger partial charge is 0.480 e. The van der Waals surface area contributed by atoms with Gasteiger partial charge in [0.2, 0.25) is 11.8 Å². The molecule has 2 amide bonds. The third kappa shape index (κ3) is 34.7. The molecule has 0 aliphatic carbocycles. The highest BCUT2D eigenvalue weighted by molar-refractivity contribution is 5.84. The van der Waals surface area contributed by atoms with Crippen LogP contribution in [0.2, 0.25) is 0 Å². The molecule has 1 aliphatic rings. The number of carboxylic acids is 1. The van der Waals surface area contributed by atoms with E-state index in [1.54, 1.807) is 0 Å². The van der Waals surface area contributed by atoms with Crippen molar-refractivity contribution in [1.82, 2.24) is 10.6 Å². The molecule has 3 N–H and O–H groups in total. The Labute approximate surface area is 446 Å². The highest BCUT2D eigenvalue weighted by Gasteiger charge is 2.52. The first-order valence-electron chi connectivity index (χ1n) is 29.4. The van der Waals surface area contributed by atoms with Gasteiger partial charge in [-0.3, -0.25) is 28.8 Å². The molecule has 16 nitrogen and oxygen atoms in total. The second-order valence-electron chi connectivity index (χ2n) is 20.8. The molecule has 1 saturated heterocycles. The molecule has 74 heavy (non-hydrogen) atoms. The Kier molecular flexibility index (Phi) is 40.9. The van der Waals surface area contributed by atoms with E-state index in [1.165, 1.54) is 123 Å². The van der Waals surface area contributed by atoms with Crippen molar-refractivity contribution in [3.05, 3.63) is 0 Å². The smallest absolute Gasteiger partial charge is 0.328 e. The molecule has 430 valence electrons. The number of ether oxygens (including phenoxy) is 6. The zero-order valence-corrected chi connectivity index (χ0v) is 47.3. The molecule has 8 atom stereocenters. The molecule has 0 bridgehead atoms. The van der Waals surface area contributed by atoms with E-state index < -0.39 is 97.2 Å². The van der Waals surface area contributed by atoms with Crippen molar-refractivity contribution in [3.63, 3.8) is 0 Å². The van der Waals surface area contributed by atoms with E-state index >= 15 is 0 Å². The van der Waals surface area contributed by atoms with Gasteiger partial charge < -0.3 is 44.2 Å². The number of carbonyl (C=O) groups excluding carboxylic acids is 6. The fraction of sp³-hybridized carbons (Fsp3) is 0.879. The van der Waals surface area contributed by atoms with Crippen molar-refractivity contribution in [2.24, 2.45) is 0 Å². The van der Waals surface area contributed by atoms with Crippen LogP contribution in [0.3, 0.4) is 0 Å². The summed E-state index contributed by atoms with van der Waals surface area (Å²) in [5.41, 5.74) is 0. The number of esters is 4. The van der Waals surface area contributed by atoms with Gasteiger partial charge in [-0.2, -0.15) is 0 Å². The van der Waals surface area contributed by atoms with Crippen LogP contribution in [0.4, 0.5) is 0 Å². The highest BCUT2D eigenvalue weighted by atomic mass is 16.7. The highest BCUT2D eigenvalue weighted by Crippen LogP contribution is 2.30. The van der Waals surface area contributed by atoms with Gasteiger partial charge >= 0.3 is 29.8 Å². The number of unbranched alkanes of at least 4 members (excludes halogenated alkanes) is 28. The van der Waals surface area contributed by atoms with Gasteiger partial charge in [-0.15, -0.1) is 0 Å². The topological polar surface area (TPSA) is 219 Å². The Morgan fingerprint density at radius 2 is 0.946 bits per heavy atom. The minimum absolute atomic E-state index is 0.110. The quantitative estimate of drug-likeness (QED) is 0.0293. The summed E-state index contributed by atoms with van der Waals surface area (Å²) in [6, 6.07) is -3.01. The molecule has 1 fully saturated rings. The summed E-state index contributed by atoms with van der Waals surface area (Å²) in [4.78, 5) is 90.8. The summed E-state index contributed by atoms with van der Waals surface area (Å²) in [6.07, 6.45) is 26.9. The number of hydrogen-bond donors (Lipinski definition) is 3. The number of hydrogen-bond acceptors (Lipinski definition) is 13.